The molecule has 2 heterocycles. The van der Waals surface area contributed by atoms with E-state index in [9.17, 15) is 15.0 Å². The first-order valence-electron chi connectivity index (χ1n) is 16.9. The van der Waals surface area contributed by atoms with Crippen LogP contribution in [0.1, 0.15) is 104 Å². The van der Waals surface area contributed by atoms with Crippen molar-refractivity contribution in [3.8, 4) is 0 Å². The molecule has 0 spiro atoms. The van der Waals surface area contributed by atoms with Crippen molar-refractivity contribution in [1.82, 2.24) is 9.80 Å². The molecule has 1 amide bonds. The molecule has 11 atom stereocenters. The van der Waals surface area contributed by atoms with Crippen LogP contribution in [0.5, 0.6) is 0 Å². The summed E-state index contributed by atoms with van der Waals surface area (Å²) in [7, 11) is 0. The predicted octanol–water partition coefficient (Wildman–Crippen LogP) is 3.61. The van der Waals surface area contributed by atoms with E-state index < -0.39 is 0 Å². The number of rotatable bonds is 5. The van der Waals surface area contributed by atoms with Crippen LogP contribution in [0.3, 0.4) is 0 Å². The maximum Gasteiger partial charge on any atom is 0.222 e. The Hall–Kier alpha value is -0.690. The zero-order valence-electron chi connectivity index (χ0n) is 25.2. The lowest BCUT2D eigenvalue weighted by Gasteiger charge is -2.62. The van der Waals surface area contributed by atoms with Gasteiger partial charge in [0.1, 0.15) is 6.17 Å². The van der Waals surface area contributed by atoms with E-state index in [4.69, 9.17) is 0 Å². The zero-order chi connectivity index (χ0) is 27.4. The SMILES string of the molecule is CC(CCC(=O)N1CCN(C2CCCC[NH2+]2)CC1)C1CCC2C3C(O)CC4CC(O)CCC4(C)C3CCC12C. The van der Waals surface area contributed by atoms with Crippen molar-refractivity contribution in [3.63, 3.8) is 0 Å². The Morgan fingerprint density at radius 3 is 2.41 bits per heavy atom. The molecule has 39 heavy (non-hydrogen) atoms. The Balaban J connectivity index is 1.04. The number of fused-ring (bicyclic) bond motifs is 5. The number of nitrogens with zero attached hydrogens (tertiary/aromatic N) is 2. The van der Waals surface area contributed by atoms with Gasteiger partial charge >= 0.3 is 0 Å². The van der Waals surface area contributed by atoms with Gasteiger partial charge in [-0.3, -0.25) is 9.69 Å². The zero-order valence-corrected chi connectivity index (χ0v) is 25.2. The van der Waals surface area contributed by atoms with Gasteiger partial charge < -0.3 is 20.4 Å². The van der Waals surface area contributed by atoms with E-state index in [0.717, 1.165) is 58.3 Å². The van der Waals surface area contributed by atoms with E-state index >= 15 is 0 Å². The minimum Gasteiger partial charge on any atom is -0.393 e. The molecule has 6 aliphatic rings. The van der Waals surface area contributed by atoms with E-state index in [-0.39, 0.29) is 12.2 Å². The summed E-state index contributed by atoms with van der Waals surface area (Å²) >= 11 is 0. The quantitative estimate of drug-likeness (QED) is 0.494. The standard InChI is InChI=1S/C33H57N3O3/c1-22(7-10-30(39)36-18-16-35(17-19-36)29-6-4-5-15-34-29)25-8-9-26-31-27(12-14-33(25,26)3)32(2)13-11-24(37)20-23(32)21-28(31)38/h22-29,31,34,37-38H,4-21H2,1-3H3/p+1. The van der Waals surface area contributed by atoms with Crippen LogP contribution in [0.2, 0.25) is 0 Å². The number of nitrogens with two attached hydrogens (primary N) is 1. The summed E-state index contributed by atoms with van der Waals surface area (Å²) in [5.41, 5.74) is 0.587. The smallest absolute Gasteiger partial charge is 0.222 e. The summed E-state index contributed by atoms with van der Waals surface area (Å²) < 4.78 is 0. The Morgan fingerprint density at radius 1 is 0.923 bits per heavy atom. The number of carbonyl (C=O) groups is 1. The normalized spacial score (nSPS) is 47.7. The molecule has 0 bridgehead atoms. The number of quaternary nitrogens is 1. The Labute approximate surface area is 237 Å². The fraction of sp³-hybridized carbons (Fsp3) is 0.970. The lowest BCUT2D eigenvalue weighted by molar-refractivity contribution is -0.717. The topological polar surface area (TPSA) is 80.6 Å². The molecule has 4 saturated carbocycles. The van der Waals surface area contributed by atoms with Crippen LogP contribution in [0.15, 0.2) is 0 Å². The fourth-order valence-corrected chi connectivity index (χ4v) is 11.4. The van der Waals surface area contributed by atoms with Gasteiger partial charge in [0.05, 0.1) is 18.8 Å². The maximum absolute atomic E-state index is 13.2. The summed E-state index contributed by atoms with van der Waals surface area (Å²) in [5.74, 6) is 3.73. The summed E-state index contributed by atoms with van der Waals surface area (Å²) in [4.78, 5) is 18.0. The van der Waals surface area contributed by atoms with Crippen molar-refractivity contribution in [2.75, 3.05) is 32.7 Å². The molecule has 0 radical (unpaired) electrons. The van der Waals surface area contributed by atoms with Crippen molar-refractivity contribution in [1.29, 1.82) is 0 Å². The molecule has 6 nitrogen and oxygen atoms in total. The predicted molar refractivity (Wildman–Crippen MR) is 154 cm³/mol. The van der Waals surface area contributed by atoms with E-state index in [1.807, 2.05) is 0 Å². The third-order valence-electron chi connectivity index (χ3n) is 13.8. The van der Waals surface area contributed by atoms with Crippen LogP contribution >= 0.6 is 0 Å². The number of piperazine rings is 1. The molecule has 222 valence electrons. The van der Waals surface area contributed by atoms with Crippen molar-refractivity contribution < 1.29 is 20.3 Å². The third-order valence-corrected chi connectivity index (χ3v) is 13.8. The maximum atomic E-state index is 13.2. The number of carbonyl (C=O) groups excluding carboxylic acids is 1. The van der Waals surface area contributed by atoms with Gasteiger partial charge in [0.2, 0.25) is 5.91 Å². The van der Waals surface area contributed by atoms with Crippen molar-refractivity contribution in [2.45, 2.75) is 123 Å². The number of hydrogen-bond acceptors (Lipinski definition) is 4. The molecule has 6 rings (SSSR count). The Kier molecular flexibility index (Phi) is 8.16. The second kappa shape index (κ2) is 11.2. The van der Waals surface area contributed by atoms with Crippen LogP contribution in [0.4, 0.5) is 0 Å². The minimum atomic E-state index is -0.205. The lowest BCUT2D eigenvalue weighted by Crippen LogP contribution is -2.95. The van der Waals surface area contributed by atoms with Gasteiger partial charge in [-0.15, -0.1) is 0 Å². The van der Waals surface area contributed by atoms with E-state index in [1.165, 1.54) is 51.5 Å². The lowest BCUT2D eigenvalue weighted by atomic mass is 9.43. The first-order chi connectivity index (χ1) is 18.7. The van der Waals surface area contributed by atoms with Crippen molar-refractivity contribution in [3.05, 3.63) is 0 Å². The molecule has 2 aliphatic heterocycles. The van der Waals surface area contributed by atoms with Crippen LogP contribution in [-0.4, -0.2) is 77.0 Å². The molecule has 0 aromatic rings. The van der Waals surface area contributed by atoms with Gasteiger partial charge in [0, 0.05) is 39.0 Å². The van der Waals surface area contributed by atoms with Crippen LogP contribution < -0.4 is 5.32 Å². The largest absolute Gasteiger partial charge is 0.393 e. The second-order valence-electron chi connectivity index (χ2n) is 15.5. The summed E-state index contributed by atoms with van der Waals surface area (Å²) in [6.45, 7) is 12.6. The number of aliphatic hydroxyl groups excluding tert-OH is 2. The van der Waals surface area contributed by atoms with Gasteiger partial charge in [-0.1, -0.05) is 20.8 Å². The second-order valence-corrected chi connectivity index (χ2v) is 15.5. The molecule has 6 fully saturated rings. The highest BCUT2D eigenvalue weighted by Gasteiger charge is 2.62. The molecular weight excluding hydrogens is 486 g/mol. The number of aliphatic hydroxyl groups is 2. The molecule has 2 saturated heterocycles. The highest BCUT2D eigenvalue weighted by atomic mass is 16.3. The van der Waals surface area contributed by atoms with Crippen molar-refractivity contribution in [2.24, 2.45) is 46.3 Å². The fourth-order valence-electron chi connectivity index (χ4n) is 11.4. The molecule has 6 heteroatoms. The van der Waals surface area contributed by atoms with Crippen LogP contribution in [-0.2, 0) is 4.79 Å². The molecule has 0 aromatic heterocycles. The number of amides is 1. The average Bonchev–Trinajstić information content (AvgIpc) is 3.30. The van der Waals surface area contributed by atoms with Gasteiger partial charge in [0.15, 0.2) is 0 Å². The third kappa shape index (κ3) is 5.12. The highest BCUT2D eigenvalue weighted by Crippen LogP contribution is 2.68. The molecule has 4 aliphatic carbocycles. The summed E-state index contributed by atoms with van der Waals surface area (Å²) in [6, 6.07) is 0. The first-order valence-corrected chi connectivity index (χ1v) is 16.9. The van der Waals surface area contributed by atoms with E-state index in [2.05, 4.69) is 35.9 Å². The van der Waals surface area contributed by atoms with E-state index in [1.54, 1.807) is 0 Å². The monoisotopic (exact) mass is 544 g/mol. The molecule has 4 N–H and O–H groups in total. The number of hydrogen-bond donors (Lipinski definition) is 3. The average molecular weight is 545 g/mol. The number of piperidine rings is 1. The Morgan fingerprint density at radius 2 is 1.67 bits per heavy atom. The van der Waals surface area contributed by atoms with Gasteiger partial charge in [-0.05, 0) is 117 Å². The summed E-state index contributed by atoms with van der Waals surface area (Å²) in [6.07, 6.45) is 14.9. The van der Waals surface area contributed by atoms with Gasteiger partial charge in [-0.2, -0.15) is 0 Å². The Bertz CT molecular complexity index is 870. The van der Waals surface area contributed by atoms with E-state index in [0.29, 0.717) is 64.8 Å². The molecule has 11 unspecified atom stereocenters. The molecule has 0 aromatic carbocycles. The summed E-state index contributed by atoms with van der Waals surface area (Å²) in [5, 5.41) is 24.4. The highest BCUT2D eigenvalue weighted by molar-refractivity contribution is 5.76. The van der Waals surface area contributed by atoms with Crippen LogP contribution in [0.25, 0.3) is 0 Å². The first kappa shape index (κ1) is 28.4. The van der Waals surface area contributed by atoms with Crippen LogP contribution in [0, 0.1) is 46.3 Å². The van der Waals surface area contributed by atoms with Crippen molar-refractivity contribution >= 4 is 5.91 Å². The minimum absolute atomic E-state index is 0.167. The van der Waals surface area contributed by atoms with Gasteiger partial charge in [0.25, 0.3) is 0 Å². The molecular formula is C33H58N3O3+. The van der Waals surface area contributed by atoms with Gasteiger partial charge in [-0.25, -0.2) is 0 Å².